The number of aromatic nitrogens is 4. The zero-order chi connectivity index (χ0) is 55.7. The molecule has 14 aromatic rings. The van der Waals surface area contributed by atoms with E-state index < -0.39 is 0 Å². The van der Waals surface area contributed by atoms with Crippen molar-refractivity contribution < 1.29 is 0 Å². The molecule has 0 aliphatic heterocycles. The van der Waals surface area contributed by atoms with E-state index in [2.05, 4.69) is 315 Å². The largest absolute Gasteiger partial charge is 0.310 e. The molecule has 0 aliphatic carbocycles. The molecule has 0 fully saturated rings. The van der Waals surface area contributed by atoms with Gasteiger partial charge in [-0.05, 0) is 168 Å². The van der Waals surface area contributed by atoms with Crippen LogP contribution in [0.2, 0.25) is 0 Å². The SMILES string of the molecule is CC(C)(C)c1ccc2c(c1)c1cc(N(c3ccccc3)c3ccc(-c4nc5ccccc5nc4-c4ccc(N(c5ccccc5)c5ccc6c(c5)c5cc(C(C)(C)C)ccc5n6-c5ccccc5)cc4)cc3)ccc1n2-c1ccccc1. The van der Waals surface area contributed by atoms with Crippen molar-refractivity contribution in [2.75, 3.05) is 9.80 Å². The minimum atomic E-state index is -0.00537. The van der Waals surface area contributed by atoms with Gasteiger partial charge in [-0.15, -0.1) is 0 Å². The molecular formula is C76H62N6. The predicted octanol–water partition coefficient (Wildman–Crippen LogP) is 20.7. The standard InChI is InChI=1S/C76H62N6/c1-75(2,3)53-35-43-69-63(47-53)65-49-61(41-45-71(65)81(69)57-25-15-9-16-26-57)79(55-21-11-7-12-22-55)59-37-31-51(32-38-59)73-74(78-68-30-20-19-29-67(68)77-73)52-33-39-60(40-34-52)80(56-23-13-8-14-24-56)62-42-46-72-66(50-62)64-48-54(76(4,5)6)36-44-70(64)82(72)58-27-17-10-18-28-58/h7-50H,1-6H3. The third kappa shape index (κ3) is 8.94. The fourth-order valence-electron chi connectivity index (χ4n) is 11.9. The summed E-state index contributed by atoms with van der Waals surface area (Å²) < 4.78 is 4.79. The van der Waals surface area contributed by atoms with E-state index in [1.807, 2.05) is 12.1 Å². The van der Waals surface area contributed by atoms with E-state index >= 15 is 0 Å². The Kier molecular flexibility index (Phi) is 12.2. The lowest BCUT2D eigenvalue weighted by Crippen LogP contribution is -2.10. The summed E-state index contributed by atoms with van der Waals surface area (Å²) in [5, 5.41) is 4.88. The van der Waals surface area contributed by atoms with Gasteiger partial charge in [-0.3, -0.25) is 0 Å². The van der Waals surface area contributed by atoms with E-state index in [-0.39, 0.29) is 10.8 Å². The Bertz CT molecular complexity index is 4360. The van der Waals surface area contributed by atoms with Gasteiger partial charge in [0, 0.05) is 78.2 Å². The van der Waals surface area contributed by atoms with Crippen molar-refractivity contribution in [3.05, 3.63) is 278 Å². The van der Waals surface area contributed by atoms with Crippen molar-refractivity contribution in [3.63, 3.8) is 0 Å². The lowest BCUT2D eigenvalue weighted by Gasteiger charge is -2.26. The van der Waals surface area contributed by atoms with Crippen LogP contribution in [0.4, 0.5) is 34.1 Å². The third-order valence-corrected chi connectivity index (χ3v) is 16.2. The van der Waals surface area contributed by atoms with Crippen molar-refractivity contribution in [1.82, 2.24) is 19.1 Å². The van der Waals surface area contributed by atoms with Crippen molar-refractivity contribution in [2.45, 2.75) is 52.4 Å². The summed E-state index contributed by atoms with van der Waals surface area (Å²) in [4.78, 5) is 15.5. The van der Waals surface area contributed by atoms with Gasteiger partial charge in [-0.2, -0.15) is 0 Å². The van der Waals surface area contributed by atoms with Crippen LogP contribution in [0.25, 0.3) is 88.5 Å². The average Bonchev–Trinajstić information content (AvgIpc) is 2.69. The van der Waals surface area contributed by atoms with E-state index in [4.69, 9.17) is 9.97 Å². The van der Waals surface area contributed by atoms with Crippen LogP contribution in [0.5, 0.6) is 0 Å². The monoisotopic (exact) mass is 1060 g/mol. The fourth-order valence-corrected chi connectivity index (χ4v) is 11.9. The molecule has 6 heteroatoms. The zero-order valence-electron chi connectivity index (χ0n) is 47.1. The highest BCUT2D eigenvalue weighted by atomic mass is 15.1. The number of para-hydroxylation sites is 6. The Morgan fingerprint density at radius 1 is 0.280 bits per heavy atom. The Labute approximate surface area is 479 Å². The molecule has 0 bridgehead atoms. The van der Waals surface area contributed by atoms with Crippen LogP contribution in [-0.4, -0.2) is 19.1 Å². The molecule has 82 heavy (non-hydrogen) atoms. The van der Waals surface area contributed by atoms with E-state index in [1.165, 1.54) is 54.7 Å². The van der Waals surface area contributed by atoms with Crippen LogP contribution >= 0.6 is 0 Å². The topological polar surface area (TPSA) is 42.1 Å². The molecule has 3 aromatic heterocycles. The second-order valence-electron chi connectivity index (χ2n) is 23.6. The van der Waals surface area contributed by atoms with E-state index in [9.17, 15) is 0 Å². The molecule has 3 heterocycles. The van der Waals surface area contributed by atoms with Crippen molar-refractivity contribution in [2.24, 2.45) is 0 Å². The number of nitrogens with zero attached hydrogens (tertiary/aromatic N) is 6. The van der Waals surface area contributed by atoms with Crippen LogP contribution in [0, 0.1) is 0 Å². The second-order valence-corrected chi connectivity index (χ2v) is 23.6. The Hall–Kier alpha value is -10.0. The summed E-state index contributed by atoms with van der Waals surface area (Å²) in [6.45, 7) is 13.7. The van der Waals surface area contributed by atoms with Gasteiger partial charge in [-0.25, -0.2) is 9.97 Å². The van der Waals surface area contributed by atoms with E-state index in [0.29, 0.717) is 0 Å². The highest BCUT2D eigenvalue weighted by Crippen LogP contribution is 2.45. The van der Waals surface area contributed by atoms with Crippen LogP contribution in [0.15, 0.2) is 267 Å². The minimum absolute atomic E-state index is 0.00537. The summed E-state index contributed by atoms with van der Waals surface area (Å²) in [6, 6.07) is 96.4. The summed E-state index contributed by atoms with van der Waals surface area (Å²) in [7, 11) is 0. The molecule has 11 aromatic carbocycles. The van der Waals surface area contributed by atoms with Crippen LogP contribution < -0.4 is 9.80 Å². The molecular weight excluding hydrogens is 997 g/mol. The van der Waals surface area contributed by atoms with Gasteiger partial charge < -0.3 is 18.9 Å². The Morgan fingerprint density at radius 3 is 0.927 bits per heavy atom. The summed E-state index contributed by atoms with van der Waals surface area (Å²) in [6.07, 6.45) is 0. The predicted molar refractivity (Wildman–Crippen MR) is 346 cm³/mol. The molecule has 14 rings (SSSR count). The fraction of sp³-hybridized carbons (Fsp3) is 0.105. The molecule has 0 N–H and O–H groups in total. The zero-order valence-corrected chi connectivity index (χ0v) is 47.1. The van der Waals surface area contributed by atoms with Crippen LogP contribution in [0.3, 0.4) is 0 Å². The van der Waals surface area contributed by atoms with E-state index in [0.717, 1.165) is 79.0 Å². The van der Waals surface area contributed by atoms with Gasteiger partial charge in [0.15, 0.2) is 0 Å². The summed E-state index contributed by atoms with van der Waals surface area (Å²) in [5.41, 5.74) is 21.3. The molecule has 0 saturated heterocycles. The maximum Gasteiger partial charge on any atom is 0.0973 e. The number of fused-ring (bicyclic) bond motifs is 7. The first-order valence-electron chi connectivity index (χ1n) is 28.4. The Balaban J connectivity index is 0.862. The van der Waals surface area contributed by atoms with Gasteiger partial charge in [0.25, 0.3) is 0 Å². The molecule has 0 amide bonds. The lowest BCUT2D eigenvalue weighted by atomic mass is 9.86. The quantitative estimate of drug-likeness (QED) is 0.137. The lowest BCUT2D eigenvalue weighted by molar-refractivity contribution is 0.591. The molecule has 0 aliphatic rings. The minimum Gasteiger partial charge on any atom is -0.310 e. The Morgan fingerprint density at radius 2 is 0.573 bits per heavy atom. The average molecular weight is 1060 g/mol. The molecule has 0 unspecified atom stereocenters. The van der Waals surface area contributed by atoms with Gasteiger partial charge in [-0.1, -0.05) is 163 Å². The van der Waals surface area contributed by atoms with Gasteiger partial charge in [0.1, 0.15) is 0 Å². The highest BCUT2D eigenvalue weighted by Gasteiger charge is 2.24. The summed E-state index contributed by atoms with van der Waals surface area (Å²) in [5.74, 6) is 0. The molecule has 0 saturated carbocycles. The van der Waals surface area contributed by atoms with Crippen LogP contribution in [0.1, 0.15) is 52.7 Å². The molecule has 6 nitrogen and oxygen atoms in total. The number of anilines is 6. The maximum atomic E-state index is 5.39. The normalized spacial score (nSPS) is 12.0. The number of rotatable bonds is 10. The van der Waals surface area contributed by atoms with Crippen molar-refractivity contribution >= 4 is 88.8 Å². The first-order valence-corrected chi connectivity index (χ1v) is 28.4. The molecule has 396 valence electrons. The third-order valence-electron chi connectivity index (χ3n) is 16.2. The van der Waals surface area contributed by atoms with Gasteiger partial charge in [0.2, 0.25) is 0 Å². The highest BCUT2D eigenvalue weighted by molar-refractivity contribution is 6.12. The molecule has 0 atom stereocenters. The van der Waals surface area contributed by atoms with Gasteiger partial charge in [0.05, 0.1) is 44.5 Å². The molecule has 0 spiro atoms. The smallest absolute Gasteiger partial charge is 0.0973 e. The first-order chi connectivity index (χ1) is 39.9. The maximum absolute atomic E-state index is 5.39. The van der Waals surface area contributed by atoms with Crippen molar-refractivity contribution in [1.29, 1.82) is 0 Å². The van der Waals surface area contributed by atoms with E-state index in [1.54, 1.807) is 0 Å². The second kappa shape index (κ2) is 19.9. The van der Waals surface area contributed by atoms with Crippen molar-refractivity contribution in [3.8, 4) is 33.9 Å². The van der Waals surface area contributed by atoms with Crippen LogP contribution in [-0.2, 0) is 10.8 Å². The number of benzene rings is 11. The molecule has 0 radical (unpaired) electrons. The summed E-state index contributed by atoms with van der Waals surface area (Å²) >= 11 is 0. The first kappa shape index (κ1) is 50.2. The number of hydrogen-bond donors (Lipinski definition) is 0. The van der Waals surface area contributed by atoms with Gasteiger partial charge >= 0.3 is 0 Å². The number of hydrogen-bond acceptors (Lipinski definition) is 4.